The van der Waals surface area contributed by atoms with E-state index in [1.807, 2.05) is 6.92 Å². The van der Waals surface area contributed by atoms with E-state index >= 15 is 0 Å². The zero-order valence-corrected chi connectivity index (χ0v) is 35.4. The van der Waals surface area contributed by atoms with Crippen LogP contribution in [0.2, 0.25) is 0 Å². The topological polar surface area (TPSA) is 85.3 Å². The van der Waals surface area contributed by atoms with Crippen LogP contribution in [0.15, 0.2) is 5.18 Å². The third-order valence-electron chi connectivity index (χ3n) is 10.8. The van der Waals surface area contributed by atoms with Crippen LogP contribution in [0.25, 0.3) is 0 Å². The summed E-state index contributed by atoms with van der Waals surface area (Å²) in [5, 5.41) is 3.48. The standard InChI is InChI=1S/C45H88N2O5/c1-6-10-14-17-21-25-32-41(5)44(48)51-39-31-28-35-43(46-50)40-47(36-13-9-4)37-29-23-19-20-24-30-38-52-45(49)42(33-26-16-12-8-3)34-27-22-18-15-11-7-2/h41-43H,6-40H2,1-5H3. The van der Waals surface area contributed by atoms with Crippen LogP contribution in [0.3, 0.4) is 0 Å². The lowest BCUT2D eigenvalue weighted by Gasteiger charge is -2.24. The molecule has 3 atom stereocenters. The van der Waals surface area contributed by atoms with E-state index in [4.69, 9.17) is 9.47 Å². The molecule has 7 nitrogen and oxygen atoms in total. The van der Waals surface area contributed by atoms with Crippen LogP contribution in [0.4, 0.5) is 0 Å². The first-order chi connectivity index (χ1) is 25.4. The molecule has 0 bridgehead atoms. The van der Waals surface area contributed by atoms with Crippen molar-refractivity contribution in [2.24, 2.45) is 17.0 Å². The van der Waals surface area contributed by atoms with E-state index in [9.17, 15) is 14.5 Å². The fraction of sp³-hybridized carbons (Fsp3) is 0.956. The Morgan fingerprint density at radius 2 is 0.885 bits per heavy atom. The van der Waals surface area contributed by atoms with Gasteiger partial charge in [-0.1, -0.05) is 175 Å². The highest BCUT2D eigenvalue weighted by molar-refractivity contribution is 5.72. The summed E-state index contributed by atoms with van der Waals surface area (Å²) in [5.41, 5.74) is 0. The van der Waals surface area contributed by atoms with Gasteiger partial charge >= 0.3 is 11.9 Å². The molecule has 0 saturated heterocycles. The van der Waals surface area contributed by atoms with Gasteiger partial charge in [0.25, 0.3) is 0 Å². The Morgan fingerprint density at radius 1 is 0.481 bits per heavy atom. The number of esters is 2. The molecule has 0 aliphatic heterocycles. The normalized spacial score (nSPS) is 13.3. The predicted octanol–water partition coefficient (Wildman–Crippen LogP) is 13.5. The van der Waals surface area contributed by atoms with Crippen molar-refractivity contribution in [1.29, 1.82) is 0 Å². The summed E-state index contributed by atoms with van der Waals surface area (Å²) in [4.78, 5) is 39.4. The highest BCUT2D eigenvalue weighted by Gasteiger charge is 2.20. The molecule has 0 N–H and O–H groups in total. The maximum atomic E-state index is 12.9. The molecule has 0 aliphatic rings. The van der Waals surface area contributed by atoms with Gasteiger partial charge in [-0.2, -0.15) is 4.91 Å². The second-order valence-electron chi connectivity index (χ2n) is 15.9. The van der Waals surface area contributed by atoms with Gasteiger partial charge in [0.2, 0.25) is 0 Å². The van der Waals surface area contributed by atoms with Crippen LogP contribution in [-0.4, -0.2) is 55.7 Å². The summed E-state index contributed by atoms with van der Waals surface area (Å²) < 4.78 is 11.3. The minimum Gasteiger partial charge on any atom is -0.465 e. The second-order valence-corrected chi connectivity index (χ2v) is 15.9. The average Bonchev–Trinajstić information content (AvgIpc) is 3.15. The molecular weight excluding hydrogens is 649 g/mol. The molecular formula is C45H88N2O5. The van der Waals surface area contributed by atoms with Gasteiger partial charge in [-0.3, -0.25) is 9.59 Å². The summed E-state index contributed by atoms with van der Waals surface area (Å²) >= 11 is 0. The molecule has 0 aromatic rings. The molecule has 0 aliphatic carbocycles. The lowest BCUT2D eigenvalue weighted by molar-refractivity contribution is -0.149. The quantitative estimate of drug-likeness (QED) is 0.0353. The van der Waals surface area contributed by atoms with Gasteiger partial charge in [0.05, 0.1) is 25.0 Å². The molecule has 308 valence electrons. The van der Waals surface area contributed by atoms with E-state index in [-0.39, 0.29) is 29.8 Å². The third-order valence-corrected chi connectivity index (χ3v) is 10.8. The first-order valence-corrected chi connectivity index (χ1v) is 22.8. The molecule has 0 saturated carbocycles. The zero-order chi connectivity index (χ0) is 38.3. The van der Waals surface area contributed by atoms with E-state index in [2.05, 4.69) is 37.8 Å². The van der Waals surface area contributed by atoms with Crippen LogP contribution in [0.1, 0.15) is 227 Å². The summed E-state index contributed by atoms with van der Waals surface area (Å²) in [7, 11) is 0. The number of carbonyl (C=O) groups is 2. The monoisotopic (exact) mass is 737 g/mol. The molecule has 7 heteroatoms. The molecule has 0 spiro atoms. The Bertz CT molecular complexity index is 794. The number of carbonyl (C=O) groups excluding carboxylic acids is 2. The molecule has 0 fully saturated rings. The maximum Gasteiger partial charge on any atom is 0.308 e. The molecule has 3 unspecified atom stereocenters. The molecule has 0 aromatic carbocycles. The lowest BCUT2D eigenvalue weighted by atomic mass is 9.94. The van der Waals surface area contributed by atoms with Crippen molar-refractivity contribution in [3.8, 4) is 0 Å². The fourth-order valence-electron chi connectivity index (χ4n) is 7.10. The van der Waals surface area contributed by atoms with E-state index in [0.717, 1.165) is 110 Å². The summed E-state index contributed by atoms with van der Waals surface area (Å²) in [6.07, 6.45) is 34.1. The zero-order valence-electron chi connectivity index (χ0n) is 35.4. The fourth-order valence-corrected chi connectivity index (χ4v) is 7.10. The van der Waals surface area contributed by atoms with Gasteiger partial charge < -0.3 is 14.4 Å². The Kier molecular flexibility index (Phi) is 38.1. The summed E-state index contributed by atoms with van der Waals surface area (Å²) in [6, 6.07) is -0.205. The van der Waals surface area contributed by atoms with Crippen molar-refractivity contribution >= 4 is 11.9 Å². The van der Waals surface area contributed by atoms with Gasteiger partial charge in [-0.15, -0.1) is 0 Å². The van der Waals surface area contributed by atoms with Crippen LogP contribution in [-0.2, 0) is 19.1 Å². The Morgan fingerprint density at radius 3 is 1.44 bits per heavy atom. The molecule has 52 heavy (non-hydrogen) atoms. The molecule has 0 radical (unpaired) electrons. The van der Waals surface area contributed by atoms with Crippen molar-refractivity contribution < 1.29 is 19.1 Å². The number of rotatable bonds is 41. The van der Waals surface area contributed by atoms with Crippen LogP contribution in [0.5, 0.6) is 0 Å². The minimum absolute atomic E-state index is 0.0328. The maximum absolute atomic E-state index is 12.9. The number of nitroso groups, excluding NO2 is 1. The Labute approximate surface area is 323 Å². The predicted molar refractivity (Wildman–Crippen MR) is 222 cm³/mol. The van der Waals surface area contributed by atoms with Crippen molar-refractivity contribution in [3.05, 3.63) is 4.91 Å². The molecule has 0 aromatic heterocycles. The van der Waals surface area contributed by atoms with Crippen LogP contribution >= 0.6 is 0 Å². The second kappa shape index (κ2) is 39.2. The lowest BCUT2D eigenvalue weighted by Crippen LogP contribution is -2.33. The van der Waals surface area contributed by atoms with Gasteiger partial charge in [0.15, 0.2) is 0 Å². The first-order valence-electron chi connectivity index (χ1n) is 22.8. The SMILES string of the molecule is CCCCCCCCC(C)C(=O)OCCCCC(CN(CCCC)CCCCCCCCOC(=O)C(CCCCCC)CCCCCCCC)N=O. The summed E-state index contributed by atoms with van der Waals surface area (Å²) in [6.45, 7) is 14.7. The molecule has 0 amide bonds. The highest BCUT2D eigenvalue weighted by atomic mass is 16.5. The van der Waals surface area contributed by atoms with Gasteiger partial charge in [-0.05, 0) is 70.9 Å². The van der Waals surface area contributed by atoms with Gasteiger partial charge in [-0.25, -0.2) is 0 Å². The number of hydrogen-bond donors (Lipinski definition) is 0. The average molecular weight is 737 g/mol. The van der Waals surface area contributed by atoms with Crippen LogP contribution < -0.4 is 0 Å². The van der Waals surface area contributed by atoms with Crippen molar-refractivity contribution in [1.82, 2.24) is 4.90 Å². The van der Waals surface area contributed by atoms with Crippen LogP contribution in [0, 0.1) is 16.7 Å². The number of hydrogen-bond acceptors (Lipinski definition) is 7. The van der Waals surface area contributed by atoms with E-state index in [1.165, 1.54) is 103 Å². The van der Waals surface area contributed by atoms with Gasteiger partial charge in [0.1, 0.15) is 6.04 Å². The largest absolute Gasteiger partial charge is 0.465 e. The van der Waals surface area contributed by atoms with Crippen molar-refractivity contribution in [2.45, 2.75) is 233 Å². The highest BCUT2D eigenvalue weighted by Crippen LogP contribution is 2.21. The summed E-state index contributed by atoms with van der Waals surface area (Å²) in [5.74, 6) is 0.0243. The number of nitrogens with zero attached hydrogens (tertiary/aromatic N) is 2. The van der Waals surface area contributed by atoms with E-state index < -0.39 is 0 Å². The minimum atomic E-state index is -0.205. The van der Waals surface area contributed by atoms with E-state index in [1.54, 1.807) is 0 Å². The van der Waals surface area contributed by atoms with Crippen molar-refractivity contribution in [3.63, 3.8) is 0 Å². The molecule has 0 rings (SSSR count). The molecule has 0 heterocycles. The third kappa shape index (κ3) is 32.0. The first kappa shape index (κ1) is 50.5. The number of unbranched alkanes of at least 4 members (excludes halogenated alkanes) is 20. The number of ether oxygens (including phenoxy) is 2. The van der Waals surface area contributed by atoms with E-state index in [0.29, 0.717) is 13.2 Å². The smallest absolute Gasteiger partial charge is 0.308 e. The Hall–Kier alpha value is -1.50. The van der Waals surface area contributed by atoms with Gasteiger partial charge in [0, 0.05) is 6.54 Å². The van der Waals surface area contributed by atoms with Crippen molar-refractivity contribution in [2.75, 3.05) is 32.8 Å². The Balaban J connectivity index is 4.22.